The Morgan fingerprint density at radius 2 is 0.902 bits per heavy atom. The van der Waals surface area contributed by atoms with Gasteiger partial charge in [0, 0.05) is 6.42 Å². The first kappa shape index (κ1) is 37.5. The topological polar surface area (TPSA) is 46.5 Å². The van der Waals surface area contributed by atoms with Crippen molar-refractivity contribution in [2.24, 2.45) is 5.92 Å². The van der Waals surface area contributed by atoms with Crippen molar-refractivity contribution in [3.63, 3.8) is 0 Å². The van der Waals surface area contributed by atoms with Crippen LogP contribution in [0.15, 0.2) is 24.3 Å². The van der Waals surface area contributed by atoms with Gasteiger partial charge in [-0.25, -0.2) is 0 Å². The zero-order valence-electron chi connectivity index (χ0n) is 27.4. The van der Waals surface area contributed by atoms with Crippen LogP contribution in [0.2, 0.25) is 0 Å². The highest BCUT2D eigenvalue weighted by atomic mass is 16.5. The molecule has 3 nitrogen and oxygen atoms in total. The highest BCUT2D eigenvalue weighted by Crippen LogP contribution is 2.22. The fourth-order valence-electron chi connectivity index (χ4n) is 5.89. The zero-order valence-corrected chi connectivity index (χ0v) is 27.4. The summed E-state index contributed by atoms with van der Waals surface area (Å²) in [5.74, 6) is 0.339. The van der Waals surface area contributed by atoms with E-state index in [0.29, 0.717) is 13.0 Å². The summed E-state index contributed by atoms with van der Waals surface area (Å²) < 4.78 is 5.75. The van der Waals surface area contributed by atoms with Gasteiger partial charge in [0.25, 0.3) is 0 Å². The number of aromatic hydroxyl groups is 1. The smallest absolute Gasteiger partial charge is 0.308 e. The molecule has 1 aromatic rings. The minimum Gasteiger partial charge on any atom is -0.508 e. The van der Waals surface area contributed by atoms with Crippen molar-refractivity contribution < 1.29 is 14.6 Å². The molecular weight excluding hydrogens is 504 g/mol. The van der Waals surface area contributed by atoms with Crippen LogP contribution in [0, 0.1) is 5.92 Å². The molecule has 0 aliphatic heterocycles. The first-order valence-electron chi connectivity index (χ1n) is 18.1. The van der Waals surface area contributed by atoms with Gasteiger partial charge in [-0.3, -0.25) is 4.79 Å². The number of benzene rings is 1. The minimum atomic E-state index is 0.00870. The van der Waals surface area contributed by atoms with Crippen molar-refractivity contribution in [1.82, 2.24) is 0 Å². The van der Waals surface area contributed by atoms with Crippen LogP contribution in [0.25, 0.3) is 0 Å². The van der Waals surface area contributed by atoms with Gasteiger partial charge in [-0.2, -0.15) is 0 Å². The Labute approximate surface area is 255 Å². The van der Waals surface area contributed by atoms with E-state index in [2.05, 4.69) is 13.8 Å². The Kier molecular flexibility index (Phi) is 26.2. The third-order valence-electron chi connectivity index (χ3n) is 8.72. The summed E-state index contributed by atoms with van der Waals surface area (Å²) in [5, 5.41) is 9.48. The summed E-state index contributed by atoms with van der Waals surface area (Å²) in [6.45, 7) is 4.99. The number of rotatable bonds is 30. The molecule has 0 saturated carbocycles. The largest absolute Gasteiger partial charge is 0.508 e. The maximum atomic E-state index is 13.0. The molecule has 0 heterocycles. The highest BCUT2D eigenvalue weighted by molar-refractivity contribution is 5.72. The van der Waals surface area contributed by atoms with Gasteiger partial charge in [-0.15, -0.1) is 0 Å². The third kappa shape index (κ3) is 23.7. The Balaban J connectivity index is 2.20. The van der Waals surface area contributed by atoms with Crippen molar-refractivity contribution >= 4 is 5.97 Å². The van der Waals surface area contributed by atoms with Gasteiger partial charge in [0.05, 0.1) is 12.5 Å². The number of phenolic OH excluding ortho intramolecular Hbond substituents is 1. The maximum Gasteiger partial charge on any atom is 0.308 e. The van der Waals surface area contributed by atoms with Crippen LogP contribution in [0.1, 0.15) is 186 Å². The lowest BCUT2D eigenvalue weighted by molar-refractivity contribution is -0.149. The van der Waals surface area contributed by atoms with Crippen molar-refractivity contribution in [2.45, 2.75) is 187 Å². The van der Waals surface area contributed by atoms with E-state index in [1.165, 1.54) is 141 Å². The molecule has 0 saturated heterocycles. The summed E-state index contributed by atoms with van der Waals surface area (Å²) in [4.78, 5) is 13.0. The molecule has 1 atom stereocenters. The first-order valence-corrected chi connectivity index (χ1v) is 18.1. The second-order valence-electron chi connectivity index (χ2n) is 12.6. The summed E-state index contributed by atoms with van der Waals surface area (Å²) in [5.41, 5.74) is 1.09. The fourth-order valence-corrected chi connectivity index (χ4v) is 5.89. The van der Waals surface area contributed by atoms with E-state index in [0.717, 1.165) is 31.2 Å². The van der Waals surface area contributed by atoms with Gasteiger partial charge < -0.3 is 9.84 Å². The van der Waals surface area contributed by atoms with E-state index < -0.39 is 0 Å². The fraction of sp³-hybridized carbons (Fsp3) is 0.816. The lowest BCUT2D eigenvalue weighted by Crippen LogP contribution is -2.19. The maximum absolute atomic E-state index is 13.0. The highest BCUT2D eigenvalue weighted by Gasteiger charge is 2.19. The molecule has 0 aromatic heterocycles. The van der Waals surface area contributed by atoms with Gasteiger partial charge in [0.1, 0.15) is 5.75 Å². The van der Waals surface area contributed by atoms with Crippen LogP contribution in [-0.4, -0.2) is 17.7 Å². The zero-order chi connectivity index (χ0) is 29.6. The predicted molar refractivity (Wildman–Crippen MR) is 178 cm³/mol. The lowest BCUT2D eigenvalue weighted by Gasteiger charge is -2.16. The van der Waals surface area contributed by atoms with E-state index in [1.54, 1.807) is 12.1 Å². The van der Waals surface area contributed by atoms with Gasteiger partial charge in [-0.05, 0) is 30.5 Å². The van der Waals surface area contributed by atoms with E-state index in [-0.39, 0.29) is 17.6 Å². The van der Waals surface area contributed by atoms with Crippen LogP contribution in [0.3, 0.4) is 0 Å². The Hall–Kier alpha value is -1.51. The van der Waals surface area contributed by atoms with E-state index in [4.69, 9.17) is 4.74 Å². The van der Waals surface area contributed by atoms with E-state index in [9.17, 15) is 9.90 Å². The second-order valence-corrected chi connectivity index (χ2v) is 12.6. The lowest BCUT2D eigenvalue weighted by atomic mass is 9.94. The molecule has 0 aliphatic rings. The quantitative estimate of drug-likeness (QED) is 0.0736. The first-order chi connectivity index (χ1) is 20.2. The third-order valence-corrected chi connectivity index (χ3v) is 8.72. The Morgan fingerprint density at radius 1 is 0.561 bits per heavy atom. The summed E-state index contributed by atoms with van der Waals surface area (Å²) in [6, 6.07) is 7.19. The van der Waals surface area contributed by atoms with Gasteiger partial charge in [-0.1, -0.05) is 180 Å². The Bertz CT molecular complexity index is 683. The van der Waals surface area contributed by atoms with Crippen LogP contribution in [0.4, 0.5) is 0 Å². The van der Waals surface area contributed by atoms with E-state index >= 15 is 0 Å². The number of carbonyl (C=O) groups excluding carboxylic acids is 1. The molecule has 0 radical (unpaired) electrons. The molecule has 0 amide bonds. The number of esters is 1. The van der Waals surface area contributed by atoms with Crippen LogP contribution in [0.5, 0.6) is 5.75 Å². The molecule has 0 bridgehead atoms. The van der Waals surface area contributed by atoms with Crippen LogP contribution >= 0.6 is 0 Å². The second kappa shape index (κ2) is 28.6. The summed E-state index contributed by atoms with van der Waals surface area (Å²) >= 11 is 0. The average molecular weight is 573 g/mol. The van der Waals surface area contributed by atoms with E-state index in [1.807, 2.05) is 12.1 Å². The molecule has 0 spiro atoms. The minimum absolute atomic E-state index is 0.00870. The monoisotopic (exact) mass is 573 g/mol. The molecule has 41 heavy (non-hydrogen) atoms. The predicted octanol–water partition coefficient (Wildman–Crippen LogP) is 12.3. The number of phenols is 1. The SMILES string of the molecule is CCCCCCCCCCCCCCCCC(CCCCCCCCCCCC)C(=O)OCCc1ccc(O)cc1. The van der Waals surface area contributed by atoms with Crippen molar-refractivity contribution in [1.29, 1.82) is 0 Å². The molecule has 0 fully saturated rings. The number of hydrogen-bond donors (Lipinski definition) is 1. The molecule has 1 unspecified atom stereocenters. The van der Waals surface area contributed by atoms with Gasteiger partial charge >= 0.3 is 5.97 Å². The van der Waals surface area contributed by atoms with Crippen molar-refractivity contribution in [3.05, 3.63) is 29.8 Å². The average Bonchev–Trinajstić information content (AvgIpc) is 2.98. The van der Waals surface area contributed by atoms with Gasteiger partial charge in [0.15, 0.2) is 0 Å². The number of ether oxygens (including phenoxy) is 1. The summed E-state index contributed by atoms with van der Waals surface area (Å²) in [7, 11) is 0. The van der Waals surface area contributed by atoms with Crippen LogP contribution in [-0.2, 0) is 16.0 Å². The normalized spacial score (nSPS) is 12.0. The van der Waals surface area contributed by atoms with Crippen LogP contribution < -0.4 is 0 Å². The molecular formula is C38H68O3. The molecule has 1 N–H and O–H groups in total. The number of hydrogen-bond acceptors (Lipinski definition) is 3. The number of carbonyl (C=O) groups is 1. The van der Waals surface area contributed by atoms with Gasteiger partial charge in [0.2, 0.25) is 0 Å². The molecule has 1 aromatic carbocycles. The Morgan fingerprint density at radius 3 is 1.27 bits per heavy atom. The molecule has 1 rings (SSSR count). The molecule has 0 aliphatic carbocycles. The molecule has 238 valence electrons. The molecule has 3 heteroatoms. The summed E-state index contributed by atoms with van der Waals surface area (Å²) in [6.07, 6.45) is 35.0. The van der Waals surface area contributed by atoms with Crippen molar-refractivity contribution in [3.8, 4) is 5.75 Å². The number of unbranched alkanes of at least 4 members (excludes halogenated alkanes) is 22. The standard InChI is InChI=1S/C38H68O3/c1-3-5-7-9-11-13-15-16-17-18-20-22-24-26-28-36(27-25-23-21-19-14-12-10-8-6-4-2)38(40)41-34-33-35-29-31-37(39)32-30-35/h29-32,36,39H,3-28,33-34H2,1-2H3. The van der Waals surface area contributed by atoms with Crippen molar-refractivity contribution in [2.75, 3.05) is 6.61 Å².